The summed E-state index contributed by atoms with van der Waals surface area (Å²) >= 11 is 6.27. The first kappa shape index (κ1) is 14.1. The zero-order valence-corrected chi connectivity index (χ0v) is 12.4. The lowest BCUT2D eigenvalue weighted by atomic mass is 10.1. The minimum Gasteiger partial charge on any atom is -0.495 e. The summed E-state index contributed by atoms with van der Waals surface area (Å²) in [6.45, 7) is 1.30. The van der Waals surface area contributed by atoms with Gasteiger partial charge < -0.3 is 9.47 Å². The molecule has 1 aliphatic heterocycles. The predicted molar refractivity (Wildman–Crippen MR) is 79.0 cm³/mol. The molecule has 1 aromatic heterocycles. The summed E-state index contributed by atoms with van der Waals surface area (Å²) < 4.78 is 12.1. The number of rotatable bonds is 3. The molecule has 5 nitrogen and oxygen atoms in total. The fourth-order valence-corrected chi connectivity index (χ4v) is 2.67. The van der Waals surface area contributed by atoms with Crippen molar-refractivity contribution in [2.45, 2.75) is 19.6 Å². The van der Waals surface area contributed by atoms with Crippen LogP contribution in [0.5, 0.6) is 5.75 Å². The minimum atomic E-state index is -0.0708. The lowest BCUT2D eigenvalue weighted by molar-refractivity contribution is 0.107. The highest BCUT2D eigenvalue weighted by Gasteiger charge is 2.17. The number of methoxy groups -OCH3 is 1. The van der Waals surface area contributed by atoms with Crippen molar-refractivity contribution in [1.82, 2.24) is 9.55 Å². The van der Waals surface area contributed by atoms with Gasteiger partial charge in [0.1, 0.15) is 5.75 Å². The lowest BCUT2D eigenvalue weighted by Gasteiger charge is -2.17. The van der Waals surface area contributed by atoms with Gasteiger partial charge in [0.25, 0.3) is 5.56 Å². The molecular formula is C15H15ClN2O3. The molecule has 2 heterocycles. The zero-order chi connectivity index (χ0) is 14.8. The first-order valence-electron chi connectivity index (χ1n) is 6.67. The quantitative estimate of drug-likeness (QED) is 0.870. The normalized spacial score (nSPS) is 13.8. The molecule has 0 radical (unpaired) electrons. The summed E-state index contributed by atoms with van der Waals surface area (Å²) in [5, 5.41) is 0.515. The van der Waals surface area contributed by atoms with Crippen LogP contribution in [0.1, 0.15) is 16.8 Å². The molecule has 110 valence electrons. The van der Waals surface area contributed by atoms with Gasteiger partial charge in [-0.05, 0) is 11.6 Å². The molecule has 3 rings (SSSR count). The topological polar surface area (TPSA) is 53.4 Å². The summed E-state index contributed by atoms with van der Waals surface area (Å²) in [7, 11) is 1.56. The number of aromatic nitrogens is 2. The maximum absolute atomic E-state index is 12.5. The van der Waals surface area contributed by atoms with E-state index in [0.717, 1.165) is 11.3 Å². The van der Waals surface area contributed by atoms with Crippen LogP contribution in [-0.2, 0) is 24.3 Å². The molecular weight excluding hydrogens is 292 g/mol. The van der Waals surface area contributed by atoms with Crippen molar-refractivity contribution in [3.8, 4) is 5.75 Å². The van der Waals surface area contributed by atoms with Gasteiger partial charge in [-0.25, -0.2) is 4.98 Å². The SMILES string of the molecule is COc1cccc(Cn2cnc3c(c2=O)COCC3)c1Cl. The van der Waals surface area contributed by atoms with E-state index >= 15 is 0 Å². The van der Waals surface area contributed by atoms with E-state index in [1.54, 1.807) is 24.1 Å². The molecule has 0 aliphatic carbocycles. The van der Waals surface area contributed by atoms with Crippen LogP contribution in [0, 0.1) is 0 Å². The second-order valence-electron chi connectivity index (χ2n) is 4.84. The predicted octanol–water partition coefficient (Wildman–Crippen LogP) is 2.03. The number of hydrogen-bond acceptors (Lipinski definition) is 4. The average Bonchev–Trinajstić information content (AvgIpc) is 2.52. The maximum atomic E-state index is 12.5. The van der Waals surface area contributed by atoms with E-state index in [1.165, 1.54) is 0 Å². The van der Waals surface area contributed by atoms with Crippen molar-refractivity contribution >= 4 is 11.6 Å². The van der Waals surface area contributed by atoms with E-state index in [-0.39, 0.29) is 5.56 Å². The molecule has 0 atom stereocenters. The van der Waals surface area contributed by atoms with E-state index < -0.39 is 0 Å². The van der Waals surface area contributed by atoms with Crippen molar-refractivity contribution in [2.75, 3.05) is 13.7 Å². The Hall–Kier alpha value is -1.85. The summed E-state index contributed by atoms with van der Waals surface area (Å²) in [5.41, 5.74) is 2.22. The average molecular weight is 307 g/mol. The molecule has 21 heavy (non-hydrogen) atoms. The Morgan fingerprint density at radius 3 is 3.14 bits per heavy atom. The fraction of sp³-hybridized carbons (Fsp3) is 0.333. The van der Waals surface area contributed by atoms with E-state index in [4.69, 9.17) is 21.1 Å². The molecule has 1 aromatic carbocycles. The summed E-state index contributed by atoms with van der Waals surface area (Å²) in [6.07, 6.45) is 2.26. The Morgan fingerprint density at radius 1 is 1.48 bits per heavy atom. The van der Waals surface area contributed by atoms with Crippen LogP contribution in [0.25, 0.3) is 0 Å². The molecule has 6 heteroatoms. The van der Waals surface area contributed by atoms with Crippen LogP contribution >= 0.6 is 11.6 Å². The van der Waals surface area contributed by atoms with E-state index in [0.29, 0.717) is 42.5 Å². The molecule has 0 unspecified atom stereocenters. The monoisotopic (exact) mass is 306 g/mol. The number of benzene rings is 1. The molecule has 0 amide bonds. The minimum absolute atomic E-state index is 0.0708. The third-order valence-electron chi connectivity index (χ3n) is 3.55. The fourth-order valence-electron chi connectivity index (χ4n) is 2.40. The number of hydrogen-bond donors (Lipinski definition) is 0. The highest BCUT2D eigenvalue weighted by atomic mass is 35.5. The van der Waals surface area contributed by atoms with Gasteiger partial charge in [0, 0.05) is 6.42 Å². The maximum Gasteiger partial charge on any atom is 0.259 e. The van der Waals surface area contributed by atoms with Gasteiger partial charge in [-0.2, -0.15) is 0 Å². The largest absolute Gasteiger partial charge is 0.495 e. The van der Waals surface area contributed by atoms with Crippen molar-refractivity contribution < 1.29 is 9.47 Å². The Balaban J connectivity index is 1.98. The smallest absolute Gasteiger partial charge is 0.259 e. The van der Waals surface area contributed by atoms with Gasteiger partial charge in [-0.3, -0.25) is 9.36 Å². The van der Waals surface area contributed by atoms with Gasteiger partial charge in [0.05, 0.1) is 49.5 Å². The summed E-state index contributed by atoms with van der Waals surface area (Å²) in [4.78, 5) is 16.8. The molecule has 0 saturated carbocycles. The van der Waals surface area contributed by atoms with Crippen LogP contribution in [0.3, 0.4) is 0 Å². The first-order valence-corrected chi connectivity index (χ1v) is 7.05. The lowest BCUT2D eigenvalue weighted by Crippen LogP contribution is -2.30. The van der Waals surface area contributed by atoms with Crippen LogP contribution in [0.2, 0.25) is 5.02 Å². The van der Waals surface area contributed by atoms with E-state index in [2.05, 4.69) is 4.98 Å². The Morgan fingerprint density at radius 2 is 2.33 bits per heavy atom. The summed E-state index contributed by atoms with van der Waals surface area (Å²) in [6, 6.07) is 5.50. The Kier molecular flexibility index (Phi) is 3.94. The van der Waals surface area contributed by atoms with Gasteiger partial charge in [-0.1, -0.05) is 23.7 Å². The van der Waals surface area contributed by atoms with Crippen LogP contribution in [-0.4, -0.2) is 23.3 Å². The first-order chi connectivity index (χ1) is 10.2. The molecule has 0 spiro atoms. The van der Waals surface area contributed by atoms with Gasteiger partial charge >= 0.3 is 0 Å². The van der Waals surface area contributed by atoms with Crippen molar-refractivity contribution in [3.05, 3.63) is 56.7 Å². The highest BCUT2D eigenvalue weighted by Crippen LogP contribution is 2.28. The molecule has 0 fully saturated rings. The van der Waals surface area contributed by atoms with Crippen molar-refractivity contribution in [3.63, 3.8) is 0 Å². The van der Waals surface area contributed by atoms with Crippen LogP contribution < -0.4 is 10.3 Å². The third-order valence-corrected chi connectivity index (χ3v) is 3.98. The van der Waals surface area contributed by atoms with Gasteiger partial charge in [0.15, 0.2) is 0 Å². The van der Waals surface area contributed by atoms with Gasteiger partial charge in [0.2, 0.25) is 0 Å². The highest BCUT2D eigenvalue weighted by molar-refractivity contribution is 6.32. The molecule has 1 aliphatic rings. The van der Waals surface area contributed by atoms with Crippen molar-refractivity contribution in [1.29, 1.82) is 0 Å². The Bertz CT molecular complexity index is 727. The van der Waals surface area contributed by atoms with Gasteiger partial charge in [-0.15, -0.1) is 0 Å². The molecule has 0 N–H and O–H groups in total. The standard InChI is InChI=1S/C15H15ClN2O3/c1-20-13-4-2-3-10(14(13)16)7-18-9-17-12-5-6-21-8-11(12)15(18)19/h2-4,9H,5-8H2,1H3. The number of nitrogens with zero attached hydrogens (tertiary/aromatic N) is 2. The van der Waals surface area contributed by atoms with Crippen LogP contribution in [0.4, 0.5) is 0 Å². The van der Waals surface area contributed by atoms with E-state index in [1.807, 2.05) is 12.1 Å². The summed E-state index contributed by atoms with van der Waals surface area (Å²) in [5.74, 6) is 0.594. The number of fused-ring (bicyclic) bond motifs is 1. The van der Waals surface area contributed by atoms with E-state index in [9.17, 15) is 4.79 Å². The third kappa shape index (κ3) is 2.66. The Labute approximate surface area is 127 Å². The van der Waals surface area contributed by atoms with Crippen LogP contribution in [0.15, 0.2) is 29.3 Å². The molecule has 0 bridgehead atoms. The second kappa shape index (κ2) is 5.87. The molecule has 2 aromatic rings. The van der Waals surface area contributed by atoms with Crippen molar-refractivity contribution in [2.24, 2.45) is 0 Å². The molecule has 0 saturated heterocycles. The zero-order valence-electron chi connectivity index (χ0n) is 11.6. The second-order valence-corrected chi connectivity index (χ2v) is 5.22. The number of ether oxygens (including phenoxy) is 2. The number of halogens is 1.